The maximum atomic E-state index is 3.54. The molecule has 2 nitrogen and oxygen atoms in total. The highest BCUT2D eigenvalue weighted by Crippen LogP contribution is 2.55. The van der Waals surface area contributed by atoms with Crippen LogP contribution in [0.15, 0.2) is 0 Å². The molecule has 0 aromatic rings. The van der Waals surface area contributed by atoms with Crippen molar-refractivity contribution in [3.8, 4) is 0 Å². The Morgan fingerprint density at radius 3 is 1.71 bits per heavy atom. The minimum atomic E-state index is 0. The molecule has 0 amide bonds. The van der Waals surface area contributed by atoms with Gasteiger partial charge in [0, 0.05) is 5.54 Å². The molecule has 4 bridgehead atoms. The minimum Gasteiger partial charge on any atom is -0.260 e. The Morgan fingerprint density at radius 1 is 0.929 bits per heavy atom. The predicted molar refractivity (Wildman–Crippen MR) is 60.3 cm³/mol. The summed E-state index contributed by atoms with van der Waals surface area (Å²) in [6.45, 7) is 0. The molecule has 0 unspecified atom stereocenters. The van der Waals surface area contributed by atoms with E-state index in [9.17, 15) is 0 Å². The Bertz CT molecular complexity index is 182. The van der Waals surface area contributed by atoms with Gasteiger partial charge in [-0.2, -0.15) is 0 Å². The van der Waals surface area contributed by atoms with E-state index in [0.29, 0.717) is 5.54 Å². The second-order valence-electron chi connectivity index (χ2n) is 5.57. The SMILES string of the molecule is CNNC12CC3CC(CC(C3)C1)C2.Cl. The summed E-state index contributed by atoms with van der Waals surface area (Å²) in [6.07, 6.45) is 8.89. The Hall–Kier alpha value is 0.210. The Labute approximate surface area is 92.6 Å². The molecule has 0 aromatic carbocycles. The Morgan fingerprint density at radius 2 is 1.36 bits per heavy atom. The van der Waals surface area contributed by atoms with Crippen molar-refractivity contribution in [2.75, 3.05) is 7.05 Å². The van der Waals surface area contributed by atoms with E-state index in [1.165, 1.54) is 38.5 Å². The first kappa shape index (κ1) is 10.7. The monoisotopic (exact) mass is 216 g/mol. The molecule has 0 radical (unpaired) electrons. The molecule has 4 fully saturated rings. The van der Waals surface area contributed by atoms with Crippen LogP contribution >= 0.6 is 12.4 Å². The fraction of sp³-hybridized carbons (Fsp3) is 1.00. The first-order valence-electron chi connectivity index (χ1n) is 5.73. The molecule has 82 valence electrons. The average Bonchev–Trinajstić information content (AvgIpc) is 2.00. The summed E-state index contributed by atoms with van der Waals surface area (Å²) in [4.78, 5) is 0. The van der Waals surface area contributed by atoms with E-state index in [1.54, 1.807) is 0 Å². The lowest BCUT2D eigenvalue weighted by Crippen LogP contribution is -2.61. The zero-order valence-corrected chi connectivity index (χ0v) is 9.70. The normalized spacial score (nSPS) is 49.1. The van der Waals surface area contributed by atoms with Crippen molar-refractivity contribution in [3.05, 3.63) is 0 Å². The molecule has 0 heterocycles. The van der Waals surface area contributed by atoms with Crippen molar-refractivity contribution in [1.29, 1.82) is 0 Å². The number of hydrogen-bond donors (Lipinski definition) is 2. The molecule has 4 saturated carbocycles. The van der Waals surface area contributed by atoms with Gasteiger partial charge in [-0.3, -0.25) is 10.9 Å². The van der Waals surface area contributed by atoms with E-state index in [-0.39, 0.29) is 12.4 Å². The number of hydrazine groups is 1. The lowest BCUT2D eigenvalue weighted by molar-refractivity contribution is -0.0254. The molecule has 0 aromatic heterocycles. The molecule has 4 aliphatic carbocycles. The third-order valence-corrected chi connectivity index (χ3v) is 4.43. The van der Waals surface area contributed by atoms with Crippen molar-refractivity contribution in [2.45, 2.75) is 44.1 Å². The zero-order chi connectivity index (χ0) is 8.89. The van der Waals surface area contributed by atoms with Crippen LogP contribution in [0.4, 0.5) is 0 Å². The smallest absolute Gasteiger partial charge is 0.0331 e. The van der Waals surface area contributed by atoms with Crippen molar-refractivity contribution in [3.63, 3.8) is 0 Å². The maximum Gasteiger partial charge on any atom is 0.0331 e. The second kappa shape index (κ2) is 3.66. The molecule has 0 spiro atoms. The summed E-state index contributed by atoms with van der Waals surface area (Å²) in [6, 6.07) is 0. The van der Waals surface area contributed by atoms with Crippen LogP contribution in [0.1, 0.15) is 38.5 Å². The van der Waals surface area contributed by atoms with Gasteiger partial charge in [0.2, 0.25) is 0 Å². The topological polar surface area (TPSA) is 24.1 Å². The summed E-state index contributed by atoms with van der Waals surface area (Å²) in [5.41, 5.74) is 7.20. The van der Waals surface area contributed by atoms with Crippen molar-refractivity contribution < 1.29 is 0 Å². The highest BCUT2D eigenvalue weighted by atomic mass is 35.5. The molecule has 0 saturated heterocycles. The Kier molecular flexibility index (Phi) is 2.80. The van der Waals surface area contributed by atoms with Gasteiger partial charge in [-0.1, -0.05) is 0 Å². The number of halogens is 1. The average molecular weight is 217 g/mol. The number of rotatable bonds is 2. The van der Waals surface area contributed by atoms with Gasteiger partial charge in [0.05, 0.1) is 0 Å². The van der Waals surface area contributed by atoms with E-state index in [0.717, 1.165) is 17.8 Å². The quantitative estimate of drug-likeness (QED) is 0.691. The lowest BCUT2D eigenvalue weighted by Gasteiger charge is -2.56. The first-order valence-corrected chi connectivity index (χ1v) is 5.73. The van der Waals surface area contributed by atoms with Crippen molar-refractivity contribution in [2.24, 2.45) is 17.8 Å². The first-order chi connectivity index (χ1) is 6.30. The predicted octanol–water partition coefficient (Wildman–Crippen LogP) is 2.10. The van der Waals surface area contributed by atoms with Crippen LogP contribution in [-0.2, 0) is 0 Å². The summed E-state index contributed by atoms with van der Waals surface area (Å²) >= 11 is 0. The highest BCUT2D eigenvalue weighted by molar-refractivity contribution is 5.85. The third kappa shape index (κ3) is 1.58. The summed E-state index contributed by atoms with van der Waals surface area (Å²) in [7, 11) is 2.01. The largest absolute Gasteiger partial charge is 0.260 e. The standard InChI is InChI=1S/C11H20N2.ClH/c1-12-13-11-5-8-2-9(6-11)4-10(3-8)7-11;/h8-10,12-13H,2-7H2,1H3;1H. The molecule has 4 aliphatic rings. The summed E-state index contributed by atoms with van der Waals surface area (Å²) in [5, 5.41) is 0. The van der Waals surface area contributed by atoms with Gasteiger partial charge < -0.3 is 0 Å². The molecule has 2 N–H and O–H groups in total. The van der Waals surface area contributed by atoms with E-state index in [1.807, 2.05) is 7.05 Å². The van der Waals surface area contributed by atoms with Gasteiger partial charge in [-0.25, -0.2) is 0 Å². The van der Waals surface area contributed by atoms with Gasteiger partial charge in [0.25, 0.3) is 0 Å². The molecular weight excluding hydrogens is 196 g/mol. The molecule has 4 rings (SSSR count). The molecule has 14 heavy (non-hydrogen) atoms. The van der Waals surface area contributed by atoms with E-state index in [2.05, 4.69) is 10.9 Å². The number of nitrogens with one attached hydrogen (secondary N) is 2. The van der Waals surface area contributed by atoms with Gasteiger partial charge >= 0.3 is 0 Å². The van der Waals surface area contributed by atoms with Crippen LogP contribution in [0, 0.1) is 17.8 Å². The number of hydrogen-bond acceptors (Lipinski definition) is 2. The fourth-order valence-electron chi connectivity index (χ4n) is 4.53. The zero-order valence-electron chi connectivity index (χ0n) is 8.88. The second-order valence-corrected chi connectivity index (χ2v) is 5.57. The minimum absolute atomic E-state index is 0. The van der Waals surface area contributed by atoms with E-state index < -0.39 is 0 Å². The third-order valence-electron chi connectivity index (χ3n) is 4.43. The van der Waals surface area contributed by atoms with Gasteiger partial charge in [-0.05, 0) is 63.3 Å². The van der Waals surface area contributed by atoms with E-state index in [4.69, 9.17) is 0 Å². The highest BCUT2D eigenvalue weighted by Gasteiger charge is 2.50. The molecular formula is C11H21ClN2. The fourth-order valence-corrected chi connectivity index (χ4v) is 4.53. The molecule has 0 aliphatic heterocycles. The Balaban J connectivity index is 0.000000750. The van der Waals surface area contributed by atoms with Crippen molar-refractivity contribution in [1.82, 2.24) is 10.9 Å². The van der Waals surface area contributed by atoms with Gasteiger partial charge in [-0.15, -0.1) is 12.4 Å². The van der Waals surface area contributed by atoms with Gasteiger partial charge in [0.15, 0.2) is 0 Å². The van der Waals surface area contributed by atoms with Crippen LogP contribution in [0.25, 0.3) is 0 Å². The maximum absolute atomic E-state index is 3.54. The van der Waals surface area contributed by atoms with E-state index >= 15 is 0 Å². The van der Waals surface area contributed by atoms with Crippen LogP contribution in [-0.4, -0.2) is 12.6 Å². The summed E-state index contributed by atoms with van der Waals surface area (Å²) < 4.78 is 0. The van der Waals surface area contributed by atoms with Crippen molar-refractivity contribution >= 4 is 12.4 Å². The van der Waals surface area contributed by atoms with Crippen LogP contribution in [0.2, 0.25) is 0 Å². The summed E-state index contributed by atoms with van der Waals surface area (Å²) in [5.74, 6) is 3.14. The molecule has 3 heteroatoms. The van der Waals surface area contributed by atoms with Crippen LogP contribution in [0.3, 0.4) is 0 Å². The van der Waals surface area contributed by atoms with Crippen LogP contribution < -0.4 is 10.9 Å². The van der Waals surface area contributed by atoms with Gasteiger partial charge in [0.1, 0.15) is 0 Å². The lowest BCUT2D eigenvalue weighted by atomic mass is 9.53. The molecule has 0 atom stereocenters. The van der Waals surface area contributed by atoms with Crippen LogP contribution in [0.5, 0.6) is 0 Å².